The molecule has 9 heteroatoms. The highest BCUT2D eigenvalue weighted by Gasteiger charge is 2.17. The first-order valence-electron chi connectivity index (χ1n) is 12.1. The monoisotopic (exact) mass is 481 g/mol. The third kappa shape index (κ3) is 5.81. The highest BCUT2D eigenvalue weighted by atomic mass is 32.2. The minimum absolute atomic E-state index is 0.568. The number of anilines is 2. The van der Waals surface area contributed by atoms with Crippen LogP contribution in [0, 0.1) is 6.92 Å². The van der Waals surface area contributed by atoms with Gasteiger partial charge in [0.15, 0.2) is 11.4 Å². The van der Waals surface area contributed by atoms with Crippen molar-refractivity contribution in [3.8, 4) is 5.75 Å². The van der Waals surface area contributed by atoms with E-state index in [1.54, 1.807) is 24.2 Å². The van der Waals surface area contributed by atoms with Gasteiger partial charge < -0.3 is 15.0 Å². The number of ether oxygens (including phenoxy) is 1. The molecule has 0 aliphatic heterocycles. The number of fused-ring (bicyclic) bond motifs is 1. The van der Waals surface area contributed by atoms with Crippen LogP contribution in [0.5, 0.6) is 5.75 Å². The van der Waals surface area contributed by atoms with Gasteiger partial charge in [-0.3, -0.25) is 4.68 Å². The molecule has 0 spiro atoms. The van der Waals surface area contributed by atoms with Crippen LogP contribution in [0.15, 0.2) is 30.2 Å². The van der Waals surface area contributed by atoms with Gasteiger partial charge in [-0.15, -0.1) is 0 Å². The van der Waals surface area contributed by atoms with Crippen LogP contribution in [0.1, 0.15) is 50.3 Å². The SMILES string of the molecule is CCN(C=C1CCCCC1)c1nc2c(cc1CNc1ncc(OCCSC)cn1)c(C)nn2C. The van der Waals surface area contributed by atoms with Gasteiger partial charge in [0, 0.05) is 43.0 Å². The van der Waals surface area contributed by atoms with Crippen molar-refractivity contribution in [3.05, 3.63) is 41.5 Å². The van der Waals surface area contributed by atoms with E-state index in [4.69, 9.17) is 9.72 Å². The molecule has 34 heavy (non-hydrogen) atoms. The topological polar surface area (TPSA) is 81.0 Å². The molecule has 0 saturated heterocycles. The van der Waals surface area contributed by atoms with Crippen LogP contribution in [0.25, 0.3) is 11.0 Å². The maximum atomic E-state index is 5.66. The molecule has 4 rings (SSSR count). The van der Waals surface area contributed by atoms with E-state index in [-0.39, 0.29) is 0 Å². The number of thioether (sulfide) groups is 1. The van der Waals surface area contributed by atoms with Crippen molar-refractivity contribution in [2.45, 2.75) is 52.5 Å². The van der Waals surface area contributed by atoms with Crippen LogP contribution < -0.4 is 15.0 Å². The van der Waals surface area contributed by atoms with Crippen molar-refractivity contribution in [3.63, 3.8) is 0 Å². The first-order valence-corrected chi connectivity index (χ1v) is 13.5. The van der Waals surface area contributed by atoms with Gasteiger partial charge in [0.05, 0.1) is 24.7 Å². The van der Waals surface area contributed by atoms with Crippen molar-refractivity contribution in [1.82, 2.24) is 24.7 Å². The van der Waals surface area contributed by atoms with Gasteiger partial charge in [0.2, 0.25) is 5.95 Å². The van der Waals surface area contributed by atoms with Crippen molar-refractivity contribution < 1.29 is 4.74 Å². The molecule has 0 unspecified atom stereocenters. The predicted octanol–water partition coefficient (Wildman–Crippen LogP) is 5.09. The molecular formula is C25H35N7OS. The number of hydrogen-bond acceptors (Lipinski definition) is 8. The molecule has 3 aromatic rings. The maximum absolute atomic E-state index is 5.66. The van der Waals surface area contributed by atoms with Gasteiger partial charge in [0.25, 0.3) is 0 Å². The summed E-state index contributed by atoms with van der Waals surface area (Å²) in [6.07, 6.45) is 14.1. The molecule has 182 valence electrons. The van der Waals surface area contributed by atoms with Crippen LogP contribution in [-0.2, 0) is 13.6 Å². The van der Waals surface area contributed by atoms with Crippen LogP contribution in [0.2, 0.25) is 0 Å². The van der Waals surface area contributed by atoms with E-state index in [1.165, 1.54) is 37.7 Å². The molecule has 1 N–H and O–H groups in total. The summed E-state index contributed by atoms with van der Waals surface area (Å²) in [5.74, 6) is 3.15. The summed E-state index contributed by atoms with van der Waals surface area (Å²) in [5.41, 5.74) is 4.49. The molecule has 1 saturated carbocycles. The maximum Gasteiger partial charge on any atom is 0.223 e. The summed E-state index contributed by atoms with van der Waals surface area (Å²) >= 11 is 1.75. The van der Waals surface area contributed by atoms with Gasteiger partial charge in [-0.2, -0.15) is 16.9 Å². The number of rotatable bonds is 10. The molecule has 1 aliphatic rings. The largest absolute Gasteiger partial charge is 0.489 e. The molecule has 0 atom stereocenters. The lowest BCUT2D eigenvalue weighted by atomic mass is 9.95. The summed E-state index contributed by atoms with van der Waals surface area (Å²) in [4.78, 5) is 16.2. The lowest BCUT2D eigenvalue weighted by Crippen LogP contribution is -2.21. The van der Waals surface area contributed by atoms with Gasteiger partial charge in [-0.05, 0) is 51.9 Å². The average Bonchev–Trinajstić information content (AvgIpc) is 3.14. The third-order valence-electron chi connectivity index (χ3n) is 6.12. The van der Waals surface area contributed by atoms with E-state index in [0.29, 0.717) is 24.8 Å². The molecule has 1 fully saturated rings. The predicted molar refractivity (Wildman–Crippen MR) is 141 cm³/mol. The number of nitrogens with zero attached hydrogens (tertiary/aromatic N) is 6. The van der Waals surface area contributed by atoms with Gasteiger partial charge in [0.1, 0.15) is 5.82 Å². The molecule has 3 heterocycles. The first-order chi connectivity index (χ1) is 16.6. The fourth-order valence-corrected chi connectivity index (χ4v) is 4.56. The van der Waals surface area contributed by atoms with Gasteiger partial charge in [-0.25, -0.2) is 15.0 Å². The van der Waals surface area contributed by atoms with Crippen molar-refractivity contribution in [2.75, 3.05) is 35.4 Å². The summed E-state index contributed by atoms with van der Waals surface area (Å²) in [5, 5.41) is 9.04. The molecule has 0 amide bonds. The van der Waals surface area contributed by atoms with E-state index < -0.39 is 0 Å². The number of aryl methyl sites for hydroxylation is 2. The summed E-state index contributed by atoms with van der Waals surface area (Å²) in [6.45, 7) is 6.28. The van der Waals surface area contributed by atoms with E-state index in [9.17, 15) is 0 Å². The van der Waals surface area contributed by atoms with E-state index >= 15 is 0 Å². The molecule has 0 aromatic carbocycles. The molecule has 0 radical (unpaired) electrons. The van der Waals surface area contributed by atoms with Crippen LogP contribution in [-0.4, -0.2) is 49.9 Å². The number of aromatic nitrogens is 5. The zero-order chi connectivity index (χ0) is 23.9. The quantitative estimate of drug-likeness (QED) is 0.401. The lowest BCUT2D eigenvalue weighted by Gasteiger charge is -2.24. The Kier molecular flexibility index (Phi) is 8.26. The van der Waals surface area contributed by atoms with Gasteiger partial charge >= 0.3 is 0 Å². The fraction of sp³-hybridized carbons (Fsp3) is 0.520. The Morgan fingerprint density at radius 1 is 1.21 bits per heavy atom. The lowest BCUT2D eigenvalue weighted by molar-refractivity contribution is 0.341. The highest BCUT2D eigenvalue weighted by molar-refractivity contribution is 7.98. The molecule has 0 bridgehead atoms. The summed E-state index contributed by atoms with van der Waals surface area (Å²) in [6, 6.07) is 2.20. The van der Waals surface area contributed by atoms with E-state index in [2.05, 4.69) is 50.7 Å². The number of allylic oxidation sites excluding steroid dienone is 1. The second-order valence-corrected chi connectivity index (χ2v) is 9.61. The Hall–Kier alpha value is -2.81. The van der Waals surface area contributed by atoms with E-state index in [1.807, 2.05) is 18.7 Å². The molecule has 1 aliphatic carbocycles. The zero-order valence-electron chi connectivity index (χ0n) is 20.7. The smallest absolute Gasteiger partial charge is 0.223 e. The summed E-state index contributed by atoms with van der Waals surface area (Å²) < 4.78 is 7.53. The van der Waals surface area contributed by atoms with Crippen molar-refractivity contribution >= 4 is 34.6 Å². The van der Waals surface area contributed by atoms with E-state index in [0.717, 1.165) is 40.4 Å². The van der Waals surface area contributed by atoms with Crippen molar-refractivity contribution in [2.24, 2.45) is 7.05 Å². The highest BCUT2D eigenvalue weighted by Crippen LogP contribution is 2.29. The number of nitrogens with one attached hydrogen (secondary N) is 1. The minimum Gasteiger partial charge on any atom is -0.489 e. The second-order valence-electron chi connectivity index (χ2n) is 8.62. The minimum atomic E-state index is 0.568. The average molecular weight is 482 g/mol. The normalized spacial score (nSPS) is 13.8. The Balaban J connectivity index is 1.59. The molecular weight excluding hydrogens is 446 g/mol. The third-order valence-corrected chi connectivity index (χ3v) is 6.70. The number of hydrogen-bond donors (Lipinski definition) is 1. The zero-order valence-corrected chi connectivity index (χ0v) is 21.5. The summed E-state index contributed by atoms with van der Waals surface area (Å²) in [7, 11) is 1.95. The van der Waals surface area contributed by atoms with Gasteiger partial charge in [-0.1, -0.05) is 12.0 Å². The Morgan fingerprint density at radius 3 is 2.68 bits per heavy atom. The van der Waals surface area contributed by atoms with Crippen LogP contribution in [0.3, 0.4) is 0 Å². The first kappa shape index (κ1) is 24.3. The Labute approximate surface area is 206 Å². The standard InChI is InChI=1S/C25H35N7OS/c1-5-32(17-19-9-7-6-8-10-19)23-20(13-22-18(2)30-31(3)24(22)29-23)14-26-25-27-15-21(16-28-25)33-11-12-34-4/h13,15-17H,5-12,14H2,1-4H3,(H,26,27,28). The molecule has 3 aromatic heterocycles. The Morgan fingerprint density at radius 2 is 1.97 bits per heavy atom. The van der Waals surface area contributed by atoms with Crippen LogP contribution >= 0.6 is 11.8 Å². The van der Waals surface area contributed by atoms with Crippen LogP contribution in [0.4, 0.5) is 11.8 Å². The number of pyridine rings is 1. The Bertz CT molecular complexity index is 1120. The molecule has 8 nitrogen and oxygen atoms in total. The second kappa shape index (κ2) is 11.6. The van der Waals surface area contributed by atoms with Crippen molar-refractivity contribution in [1.29, 1.82) is 0 Å². The fourth-order valence-electron chi connectivity index (χ4n) is 4.31.